The van der Waals surface area contributed by atoms with E-state index in [9.17, 15) is 23.5 Å². The van der Waals surface area contributed by atoms with Crippen LogP contribution in [0.2, 0.25) is 0 Å². The summed E-state index contributed by atoms with van der Waals surface area (Å²) in [6, 6.07) is 0. The van der Waals surface area contributed by atoms with E-state index in [0.717, 1.165) is 19.3 Å². The number of aliphatic carboxylic acids is 1. The quantitative estimate of drug-likeness (QED) is 0.696. The van der Waals surface area contributed by atoms with Crippen molar-refractivity contribution >= 4 is 11.9 Å². The highest BCUT2D eigenvalue weighted by molar-refractivity contribution is 5.80. The number of halogens is 2. The van der Waals surface area contributed by atoms with Gasteiger partial charge in [-0.1, -0.05) is 13.8 Å². The van der Waals surface area contributed by atoms with Crippen molar-refractivity contribution in [3.05, 3.63) is 0 Å². The summed E-state index contributed by atoms with van der Waals surface area (Å²) in [7, 11) is 0. The van der Waals surface area contributed by atoms with Crippen LogP contribution in [0.15, 0.2) is 0 Å². The molecule has 0 radical (unpaired) electrons. The first kappa shape index (κ1) is 17.6. The minimum absolute atomic E-state index is 0.261. The lowest BCUT2D eigenvalue weighted by Crippen LogP contribution is -2.61. The fourth-order valence-electron chi connectivity index (χ4n) is 5.73. The third kappa shape index (κ3) is 2.44. The molecule has 24 heavy (non-hydrogen) atoms. The molecule has 0 unspecified atom stereocenters. The van der Waals surface area contributed by atoms with Crippen LogP contribution in [0.3, 0.4) is 0 Å². The molecule has 4 saturated carbocycles. The van der Waals surface area contributed by atoms with E-state index in [4.69, 9.17) is 4.74 Å². The number of rotatable bonds is 6. The molecule has 0 heterocycles. The van der Waals surface area contributed by atoms with E-state index in [1.54, 1.807) is 0 Å². The van der Waals surface area contributed by atoms with Crippen molar-refractivity contribution < 1.29 is 28.2 Å². The van der Waals surface area contributed by atoms with Gasteiger partial charge in [-0.15, -0.1) is 0 Å². The van der Waals surface area contributed by atoms with Gasteiger partial charge in [-0.25, -0.2) is 0 Å². The number of carbonyl (C=O) groups is 2. The zero-order valence-corrected chi connectivity index (χ0v) is 14.3. The highest BCUT2D eigenvalue weighted by Gasteiger charge is 2.60. The minimum Gasteiger partial charge on any atom is -0.544 e. The predicted octanol–water partition coefficient (Wildman–Crippen LogP) is 2.69. The van der Waals surface area contributed by atoms with Crippen LogP contribution in [0, 0.1) is 23.2 Å². The molecular formula is C18H25F2O4-. The third-order valence-electron chi connectivity index (χ3n) is 6.73. The molecule has 0 aromatic rings. The third-order valence-corrected chi connectivity index (χ3v) is 6.73. The SMILES string of the molecule is CCC(CC)(OC(=O)C12CC3CC(CC(C3)C1)C2)C(F)(F)C(=O)[O-]. The van der Waals surface area contributed by atoms with E-state index in [1.807, 2.05) is 0 Å². The fourth-order valence-corrected chi connectivity index (χ4v) is 5.73. The zero-order valence-electron chi connectivity index (χ0n) is 14.3. The normalized spacial score (nSPS) is 35.1. The van der Waals surface area contributed by atoms with Crippen LogP contribution in [-0.2, 0) is 14.3 Å². The van der Waals surface area contributed by atoms with E-state index in [0.29, 0.717) is 37.0 Å². The van der Waals surface area contributed by atoms with Crippen LogP contribution in [0.1, 0.15) is 65.2 Å². The smallest absolute Gasteiger partial charge is 0.325 e. The highest BCUT2D eigenvalue weighted by Crippen LogP contribution is 2.61. The maximum Gasteiger partial charge on any atom is 0.325 e. The topological polar surface area (TPSA) is 66.4 Å². The molecular weight excluding hydrogens is 318 g/mol. The van der Waals surface area contributed by atoms with Gasteiger partial charge in [0.05, 0.1) is 5.41 Å². The molecule has 4 rings (SSSR count). The molecule has 0 aromatic carbocycles. The number of hydrogen-bond donors (Lipinski definition) is 0. The molecule has 136 valence electrons. The van der Waals surface area contributed by atoms with Crippen LogP contribution in [0.5, 0.6) is 0 Å². The first-order chi connectivity index (χ1) is 11.2. The molecule has 4 fully saturated rings. The van der Waals surface area contributed by atoms with Gasteiger partial charge < -0.3 is 14.6 Å². The summed E-state index contributed by atoms with van der Waals surface area (Å²) in [5, 5.41) is 11.0. The summed E-state index contributed by atoms with van der Waals surface area (Å²) in [4.78, 5) is 23.9. The van der Waals surface area contributed by atoms with Gasteiger partial charge in [0.1, 0.15) is 5.97 Å². The summed E-state index contributed by atoms with van der Waals surface area (Å²) < 4.78 is 33.9. The van der Waals surface area contributed by atoms with E-state index in [2.05, 4.69) is 0 Å². The summed E-state index contributed by atoms with van der Waals surface area (Å²) in [5.41, 5.74) is -3.02. The molecule has 0 aromatic heterocycles. The Morgan fingerprint density at radius 2 is 1.46 bits per heavy atom. The number of carbonyl (C=O) groups excluding carboxylic acids is 2. The van der Waals surface area contributed by atoms with Gasteiger partial charge in [-0.3, -0.25) is 4.79 Å². The molecule has 4 aliphatic carbocycles. The van der Waals surface area contributed by atoms with Gasteiger partial charge in [0.15, 0.2) is 5.60 Å². The second-order valence-corrected chi connectivity index (χ2v) is 8.15. The maximum absolute atomic E-state index is 14.3. The van der Waals surface area contributed by atoms with Crippen LogP contribution in [0.4, 0.5) is 8.78 Å². The zero-order chi connectivity index (χ0) is 17.8. The second-order valence-electron chi connectivity index (χ2n) is 8.15. The largest absolute Gasteiger partial charge is 0.544 e. The minimum atomic E-state index is -4.20. The van der Waals surface area contributed by atoms with Crippen molar-refractivity contribution in [2.45, 2.75) is 76.7 Å². The molecule has 4 bridgehead atoms. The Labute approximate surface area is 140 Å². The Bertz CT molecular complexity index is 504. The average Bonchev–Trinajstić information content (AvgIpc) is 2.50. The lowest BCUT2D eigenvalue weighted by atomic mass is 9.49. The van der Waals surface area contributed by atoms with Crippen molar-refractivity contribution in [2.75, 3.05) is 0 Å². The Hall–Kier alpha value is -1.20. The van der Waals surface area contributed by atoms with Crippen molar-refractivity contribution in [1.29, 1.82) is 0 Å². The standard InChI is InChI=1S/C18H26F2O4/c1-3-17(4-2,18(19,20)14(21)22)24-15(23)16-8-11-5-12(9-16)7-13(6-11)10-16/h11-13H,3-10H2,1-2H3,(H,21,22)/p-1. The Balaban J connectivity index is 1.86. The van der Waals surface area contributed by atoms with Gasteiger partial charge >= 0.3 is 11.9 Å². The number of carboxylic acids is 1. The van der Waals surface area contributed by atoms with E-state index >= 15 is 0 Å². The summed E-state index contributed by atoms with van der Waals surface area (Å²) >= 11 is 0. The van der Waals surface area contributed by atoms with Crippen molar-refractivity contribution in [3.8, 4) is 0 Å². The van der Waals surface area contributed by atoms with E-state index in [1.165, 1.54) is 13.8 Å². The van der Waals surface area contributed by atoms with E-state index < -0.39 is 28.9 Å². The van der Waals surface area contributed by atoms with Gasteiger partial charge in [0.25, 0.3) is 0 Å². The van der Waals surface area contributed by atoms with E-state index in [-0.39, 0.29) is 12.8 Å². The lowest BCUT2D eigenvalue weighted by molar-refractivity contribution is -0.345. The number of carboxylic acid groups (broad SMARTS) is 1. The molecule has 0 saturated heterocycles. The van der Waals surface area contributed by atoms with Gasteiger partial charge in [-0.05, 0) is 69.1 Å². The Morgan fingerprint density at radius 1 is 1.04 bits per heavy atom. The van der Waals surface area contributed by atoms with Gasteiger partial charge in [-0.2, -0.15) is 8.78 Å². The number of hydrogen-bond acceptors (Lipinski definition) is 4. The molecule has 0 atom stereocenters. The summed E-state index contributed by atoms with van der Waals surface area (Å²) in [5.74, 6) is -5.88. The molecule has 0 amide bonds. The van der Waals surface area contributed by atoms with Gasteiger partial charge in [0, 0.05) is 0 Å². The average molecular weight is 343 g/mol. The summed E-state index contributed by atoms with van der Waals surface area (Å²) in [6.07, 6.45) is 4.91. The second kappa shape index (κ2) is 5.67. The molecule has 0 N–H and O–H groups in total. The number of esters is 1. The maximum atomic E-state index is 14.3. The molecule has 0 aliphatic heterocycles. The molecule has 0 spiro atoms. The molecule has 4 nitrogen and oxygen atoms in total. The number of ether oxygens (including phenoxy) is 1. The predicted molar refractivity (Wildman–Crippen MR) is 80.0 cm³/mol. The monoisotopic (exact) mass is 343 g/mol. The Morgan fingerprint density at radius 3 is 1.79 bits per heavy atom. The molecule has 4 aliphatic rings. The first-order valence-electron chi connectivity index (χ1n) is 9.00. The highest BCUT2D eigenvalue weighted by atomic mass is 19.3. The summed E-state index contributed by atoms with van der Waals surface area (Å²) in [6.45, 7) is 2.85. The van der Waals surface area contributed by atoms with Crippen LogP contribution < -0.4 is 5.11 Å². The molecule has 6 heteroatoms. The van der Waals surface area contributed by atoms with Crippen molar-refractivity contribution in [1.82, 2.24) is 0 Å². The number of alkyl halides is 2. The van der Waals surface area contributed by atoms with Crippen molar-refractivity contribution in [2.24, 2.45) is 23.2 Å². The Kier molecular flexibility index (Phi) is 4.16. The van der Waals surface area contributed by atoms with Crippen LogP contribution >= 0.6 is 0 Å². The van der Waals surface area contributed by atoms with Crippen LogP contribution in [0.25, 0.3) is 0 Å². The van der Waals surface area contributed by atoms with Gasteiger partial charge in [0.2, 0.25) is 0 Å². The van der Waals surface area contributed by atoms with Crippen LogP contribution in [-0.4, -0.2) is 23.5 Å². The first-order valence-corrected chi connectivity index (χ1v) is 9.00. The fraction of sp³-hybridized carbons (Fsp3) is 0.889. The lowest BCUT2D eigenvalue weighted by Gasteiger charge is -2.56. The van der Waals surface area contributed by atoms with Crippen molar-refractivity contribution in [3.63, 3.8) is 0 Å².